The van der Waals surface area contributed by atoms with E-state index in [0.717, 1.165) is 22.8 Å². The van der Waals surface area contributed by atoms with E-state index in [9.17, 15) is 18.3 Å². The third-order valence-electron chi connectivity index (χ3n) is 6.11. The van der Waals surface area contributed by atoms with Crippen LogP contribution in [0.25, 0.3) is 10.9 Å². The molecule has 1 aromatic heterocycles. The maximum atomic E-state index is 12.9. The Kier molecular flexibility index (Phi) is 5.73. The smallest absolute Gasteiger partial charge is 0.240 e. The molecule has 2 N–H and O–H groups in total. The van der Waals surface area contributed by atoms with Gasteiger partial charge in [-0.2, -0.15) is 0 Å². The van der Waals surface area contributed by atoms with Crippen molar-refractivity contribution in [1.82, 2.24) is 9.29 Å². The second-order valence-electron chi connectivity index (χ2n) is 8.51. The van der Waals surface area contributed by atoms with Crippen LogP contribution in [0.4, 0.5) is 0 Å². The highest BCUT2D eigenvalue weighted by molar-refractivity contribution is 7.89. The number of sulfonamides is 1. The highest BCUT2D eigenvalue weighted by atomic mass is 32.2. The Morgan fingerprint density at radius 2 is 1.82 bits per heavy atom. The van der Waals surface area contributed by atoms with E-state index in [0.29, 0.717) is 29.1 Å². The van der Waals surface area contributed by atoms with E-state index in [-0.39, 0.29) is 11.4 Å². The van der Waals surface area contributed by atoms with E-state index in [4.69, 9.17) is 4.74 Å². The summed E-state index contributed by atoms with van der Waals surface area (Å²) in [5.41, 5.74) is 3.66. The number of aldehydes is 1. The number of carbonyl (C=O) groups excluding carboxylic acids is 1. The quantitative estimate of drug-likeness (QED) is 0.396. The lowest BCUT2D eigenvalue weighted by atomic mass is 10.1. The molecule has 174 valence electrons. The summed E-state index contributed by atoms with van der Waals surface area (Å²) < 4.78 is 36.2. The average molecular weight is 477 g/mol. The van der Waals surface area contributed by atoms with Crippen LogP contribution in [0.5, 0.6) is 5.75 Å². The minimum absolute atomic E-state index is 0.145. The molecule has 4 aromatic rings. The first-order valence-electron chi connectivity index (χ1n) is 10.9. The van der Waals surface area contributed by atoms with E-state index in [1.54, 1.807) is 42.5 Å². The summed E-state index contributed by atoms with van der Waals surface area (Å²) in [6.07, 6.45) is -0.299. The van der Waals surface area contributed by atoms with Crippen molar-refractivity contribution >= 4 is 27.2 Å². The van der Waals surface area contributed by atoms with Gasteiger partial charge in [0.25, 0.3) is 0 Å². The van der Waals surface area contributed by atoms with Crippen molar-refractivity contribution in [3.05, 3.63) is 95.2 Å². The third kappa shape index (κ3) is 4.11. The van der Waals surface area contributed by atoms with E-state index in [1.807, 2.05) is 41.8 Å². The molecule has 0 unspecified atom stereocenters. The van der Waals surface area contributed by atoms with E-state index >= 15 is 0 Å². The van der Waals surface area contributed by atoms with Crippen LogP contribution in [-0.4, -0.2) is 30.4 Å². The summed E-state index contributed by atoms with van der Waals surface area (Å²) in [4.78, 5) is 11.7. The fraction of sp³-hybridized carbons (Fsp3) is 0.192. The van der Waals surface area contributed by atoms with E-state index < -0.39 is 22.2 Å². The molecule has 2 heterocycles. The summed E-state index contributed by atoms with van der Waals surface area (Å²) in [7, 11) is -3.81. The summed E-state index contributed by atoms with van der Waals surface area (Å²) in [6.45, 7) is 2.44. The van der Waals surface area contributed by atoms with Crippen LogP contribution in [0.3, 0.4) is 0 Å². The van der Waals surface area contributed by atoms with Gasteiger partial charge in [-0.25, -0.2) is 13.1 Å². The zero-order valence-electron chi connectivity index (χ0n) is 18.5. The number of aromatic nitrogens is 1. The second kappa shape index (κ2) is 8.72. The average Bonchev–Trinajstić information content (AvgIpc) is 3.34. The van der Waals surface area contributed by atoms with Crippen molar-refractivity contribution in [1.29, 1.82) is 0 Å². The Hall–Kier alpha value is -3.46. The third-order valence-corrected chi connectivity index (χ3v) is 7.62. The molecule has 0 aliphatic carbocycles. The molecule has 0 saturated heterocycles. The number of aliphatic hydroxyl groups is 1. The number of carbonyl (C=O) groups is 1. The number of hydrogen-bond donors (Lipinski definition) is 2. The predicted molar refractivity (Wildman–Crippen MR) is 128 cm³/mol. The van der Waals surface area contributed by atoms with Gasteiger partial charge in [-0.3, -0.25) is 4.79 Å². The Bertz CT molecular complexity index is 1460. The molecule has 0 bridgehead atoms. The van der Waals surface area contributed by atoms with Crippen molar-refractivity contribution in [2.75, 3.05) is 0 Å². The van der Waals surface area contributed by atoms with E-state index in [2.05, 4.69) is 4.72 Å². The summed E-state index contributed by atoms with van der Waals surface area (Å²) in [6, 6.07) is 20.7. The van der Waals surface area contributed by atoms with Gasteiger partial charge in [0.05, 0.1) is 16.5 Å². The number of ether oxygens (including phenoxy) is 1. The lowest BCUT2D eigenvalue weighted by molar-refractivity contribution is 0.112. The maximum absolute atomic E-state index is 12.9. The summed E-state index contributed by atoms with van der Waals surface area (Å²) in [5.74, 6) is 0.536. The number of hydrogen-bond acceptors (Lipinski definition) is 5. The first-order chi connectivity index (χ1) is 16.4. The van der Waals surface area contributed by atoms with Gasteiger partial charge in [-0.05, 0) is 42.8 Å². The minimum atomic E-state index is -3.81. The Balaban J connectivity index is 1.44. The molecule has 1 aliphatic heterocycles. The molecule has 0 saturated carbocycles. The molecule has 0 radical (unpaired) electrons. The fourth-order valence-electron chi connectivity index (χ4n) is 4.33. The lowest BCUT2D eigenvalue weighted by Crippen LogP contribution is -2.38. The van der Waals surface area contributed by atoms with Crippen molar-refractivity contribution in [2.24, 2.45) is 0 Å². The first-order valence-corrected chi connectivity index (χ1v) is 12.4. The molecule has 7 nitrogen and oxygen atoms in total. The van der Waals surface area contributed by atoms with Gasteiger partial charge in [0.2, 0.25) is 10.0 Å². The molecular formula is C26H24N2O5S. The van der Waals surface area contributed by atoms with Crippen LogP contribution in [0.15, 0.2) is 77.7 Å². The fourth-order valence-corrected chi connectivity index (χ4v) is 5.56. The molecule has 0 spiro atoms. The predicted octanol–water partition coefficient (Wildman–Crippen LogP) is 3.74. The molecule has 34 heavy (non-hydrogen) atoms. The van der Waals surface area contributed by atoms with Gasteiger partial charge in [0.15, 0.2) is 0 Å². The van der Waals surface area contributed by atoms with Gasteiger partial charge in [-0.1, -0.05) is 48.0 Å². The van der Waals surface area contributed by atoms with Crippen molar-refractivity contribution in [3.8, 4) is 5.75 Å². The lowest BCUT2D eigenvalue weighted by Gasteiger charge is -2.17. The minimum Gasteiger partial charge on any atom is -0.488 e. The topological polar surface area (TPSA) is 97.6 Å². The zero-order chi connectivity index (χ0) is 23.9. The number of rotatable bonds is 7. The van der Waals surface area contributed by atoms with Crippen LogP contribution in [0.2, 0.25) is 0 Å². The normalized spacial score (nSPS) is 17.6. The SMILES string of the molecule is Cc1ccc(S(=O)(=O)N[C@H]2Cn3c(cc4c(OCc5ccccc5)cc(C=O)cc43)[C@H]2O)cc1. The molecular weight excluding hydrogens is 452 g/mol. The van der Waals surface area contributed by atoms with Crippen molar-refractivity contribution < 1.29 is 23.1 Å². The maximum Gasteiger partial charge on any atom is 0.240 e. The summed E-state index contributed by atoms with van der Waals surface area (Å²) in [5, 5.41) is 11.7. The number of benzene rings is 3. The number of nitrogens with zero attached hydrogens (tertiary/aromatic N) is 1. The van der Waals surface area contributed by atoms with Crippen molar-refractivity contribution in [2.45, 2.75) is 37.1 Å². The molecule has 0 amide bonds. The zero-order valence-corrected chi connectivity index (χ0v) is 19.3. The van der Waals surface area contributed by atoms with Gasteiger partial charge >= 0.3 is 0 Å². The molecule has 2 atom stereocenters. The number of aliphatic hydroxyl groups excluding tert-OH is 1. The largest absolute Gasteiger partial charge is 0.488 e. The number of nitrogens with one attached hydrogen (secondary N) is 1. The number of fused-ring (bicyclic) bond motifs is 3. The second-order valence-corrected chi connectivity index (χ2v) is 10.2. The van der Waals surface area contributed by atoms with Gasteiger partial charge in [-0.15, -0.1) is 0 Å². The standard InChI is InChI=1S/C26H24N2O5S/c1-17-7-9-20(10-8-17)34(31,32)27-22-14-28-23-11-19(15-29)12-25(21(23)13-24(28)26(22)30)33-16-18-5-3-2-4-6-18/h2-13,15,22,26-27,30H,14,16H2,1H3/t22-,26-/m0/s1. The van der Waals surface area contributed by atoms with Gasteiger partial charge in [0.1, 0.15) is 24.7 Å². The highest BCUT2D eigenvalue weighted by Crippen LogP contribution is 2.38. The van der Waals surface area contributed by atoms with Crippen LogP contribution >= 0.6 is 0 Å². The van der Waals surface area contributed by atoms with Crippen LogP contribution in [0, 0.1) is 6.92 Å². The summed E-state index contributed by atoms with van der Waals surface area (Å²) >= 11 is 0. The molecule has 1 aliphatic rings. The molecule has 8 heteroatoms. The molecule has 3 aromatic carbocycles. The van der Waals surface area contributed by atoms with E-state index in [1.165, 1.54) is 0 Å². The highest BCUT2D eigenvalue weighted by Gasteiger charge is 2.36. The molecule has 0 fully saturated rings. The van der Waals surface area contributed by atoms with Crippen LogP contribution < -0.4 is 9.46 Å². The Labute approximate surface area is 197 Å². The monoisotopic (exact) mass is 476 g/mol. The Morgan fingerprint density at radius 1 is 1.09 bits per heavy atom. The van der Waals surface area contributed by atoms with Crippen molar-refractivity contribution in [3.63, 3.8) is 0 Å². The Morgan fingerprint density at radius 3 is 2.53 bits per heavy atom. The molecule has 5 rings (SSSR count). The van der Waals surface area contributed by atoms with Gasteiger partial charge < -0.3 is 14.4 Å². The first kappa shape index (κ1) is 22.3. The van der Waals surface area contributed by atoms with Crippen LogP contribution in [0.1, 0.15) is 33.3 Å². The van der Waals surface area contributed by atoms with Gasteiger partial charge in [0, 0.05) is 23.2 Å². The van der Waals surface area contributed by atoms with Crippen LogP contribution in [-0.2, 0) is 23.2 Å². The number of aryl methyl sites for hydroxylation is 1.